The average Bonchev–Trinajstić information content (AvgIpc) is 3.20. The second-order valence-corrected chi connectivity index (χ2v) is 9.90. The van der Waals surface area contributed by atoms with Crippen LogP contribution >= 0.6 is 0 Å². The minimum atomic E-state index is -2.66. The molecule has 2 aromatic carbocycles. The fraction of sp³-hybridized carbons (Fsp3) is 0.370. The number of rotatable bonds is 6. The van der Waals surface area contributed by atoms with E-state index in [1.807, 2.05) is 18.4 Å². The predicted molar refractivity (Wildman–Crippen MR) is 135 cm³/mol. The van der Waals surface area contributed by atoms with Gasteiger partial charge in [-0.25, -0.2) is 36.9 Å². The summed E-state index contributed by atoms with van der Waals surface area (Å²) >= 11 is 0. The van der Waals surface area contributed by atoms with Crippen molar-refractivity contribution in [3.05, 3.63) is 65.4 Å². The van der Waals surface area contributed by atoms with Gasteiger partial charge >= 0.3 is 0 Å². The summed E-state index contributed by atoms with van der Waals surface area (Å²) < 4.78 is 73.1. The third-order valence-electron chi connectivity index (χ3n) is 6.75. The molecule has 1 N–H and O–H groups in total. The highest BCUT2D eigenvalue weighted by atomic mass is 19.3. The Balaban J connectivity index is 1.38. The van der Waals surface area contributed by atoms with E-state index in [-0.39, 0.29) is 61.2 Å². The number of aryl methyl sites for hydroxylation is 1. The first-order chi connectivity index (χ1) is 18.0. The van der Waals surface area contributed by atoms with Crippen molar-refractivity contribution in [3.63, 3.8) is 0 Å². The van der Waals surface area contributed by atoms with E-state index in [9.17, 15) is 22.0 Å². The first kappa shape index (κ1) is 26.0. The third-order valence-corrected chi connectivity index (χ3v) is 6.75. The SMILES string of the molecule is Cc1nc2c(F)cc(-c3nc(Nc4ccc(CN5CCC(F)(F)CC5)c(F)c4)ncc3F)cc2n1C(C)C. The molecule has 2 aromatic heterocycles. The molecule has 11 heteroatoms. The molecule has 0 spiro atoms. The number of nitrogens with one attached hydrogen (secondary N) is 1. The largest absolute Gasteiger partial charge is 0.326 e. The molecule has 38 heavy (non-hydrogen) atoms. The summed E-state index contributed by atoms with van der Waals surface area (Å²) in [7, 11) is 0. The van der Waals surface area contributed by atoms with Gasteiger partial charge in [-0.1, -0.05) is 6.07 Å². The summed E-state index contributed by atoms with van der Waals surface area (Å²) in [6, 6.07) is 7.25. The van der Waals surface area contributed by atoms with E-state index in [4.69, 9.17) is 0 Å². The molecule has 0 bridgehead atoms. The van der Waals surface area contributed by atoms with Crippen LogP contribution in [-0.4, -0.2) is 43.4 Å². The standard InChI is InChI=1S/C27H27F5N6/c1-15(2)38-16(3)34-25-21(29)10-18(11-23(25)38)24-22(30)13-33-26(36-24)35-19-5-4-17(20(28)12-19)14-37-8-6-27(31,32)7-9-37/h4-5,10-13,15H,6-9,14H2,1-3H3,(H,33,35,36). The van der Waals surface area contributed by atoms with Crippen LogP contribution in [0.1, 0.15) is 44.1 Å². The van der Waals surface area contributed by atoms with Gasteiger partial charge in [0.05, 0.1) is 11.7 Å². The van der Waals surface area contributed by atoms with Gasteiger partial charge < -0.3 is 9.88 Å². The second-order valence-electron chi connectivity index (χ2n) is 9.90. The predicted octanol–water partition coefficient (Wildman–Crippen LogP) is 6.77. The van der Waals surface area contributed by atoms with E-state index < -0.39 is 23.4 Å². The summed E-state index contributed by atoms with van der Waals surface area (Å²) in [4.78, 5) is 14.3. The first-order valence-corrected chi connectivity index (χ1v) is 12.4. The van der Waals surface area contributed by atoms with Crippen molar-refractivity contribution < 1.29 is 22.0 Å². The van der Waals surface area contributed by atoms with Crippen LogP contribution in [0.15, 0.2) is 36.5 Å². The van der Waals surface area contributed by atoms with E-state index in [0.717, 1.165) is 6.20 Å². The minimum absolute atomic E-state index is 0.000801. The lowest BCUT2D eigenvalue weighted by atomic mass is 10.1. The summed E-state index contributed by atoms with van der Waals surface area (Å²) in [5.41, 5.74) is 1.52. The summed E-state index contributed by atoms with van der Waals surface area (Å²) in [6.07, 6.45) is 0.484. The lowest BCUT2D eigenvalue weighted by molar-refractivity contribution is -0.0567. The van der Waals surface area contributed by atoms with Crippen LogP contribution in [0.5, 0.6) is 0 Å². The Morgan fingerprint density at radius 1 is 0.974 bits per heavy atom. The highest BCUT2D eigenvalue weighted by Crippen LogP contribution is 2.31. The molecule has 0 unspecified atom stereocenters. The maximum atomic E-state index is 14.9. The van der Waals surface area contributed by atoms with Crippen LogP contribution < -0.4 is 5.32 Å². The van der Waals surface area contributed by atoms with Gasteiger partial charge in [0.2, 0.25) is 5.95 Å². The maximum absolute atomic E-state index is 14.9. The molecule has 5 rings (SSSR count). The molecule has 1 saturated heterocycles. The van der Waals surface area contributed by atoms with Gasteiger partial charge in [-0.3, -0.25) is 4.90 Å². The minimum Gasteiger partial charge on any atom is -0.326 e. The molecule has 0 amide bonds. The first-order valence-electron chi connectivity index (χ1n) is 12.4. The number of piperidine rings is 1. The van der Waals surface area contributed by atoms with E-state index in [1.165, 1.54) is 12.1 Å². The molecule has 0 radical (unpaired) electrons. The smallest absolute Gasteiger partial charge is 0.250 e. The highest BCUT2D eigenvalue weighted by molar-refractivity contribution is 5.83. The second kappa shape index (κ2) is 9.94. The van der Waals surface area contributed by atoms with Crippen molar-refractivity contribution in [1.29, 1.82) is 0 Å². The molecule has 3 heterocycles. The monoisotopic (exact) mass is 530 g/mol. The van der Waals surface area contributed by atoms with Crippen molar-refractivity contribution in [1.82, 2.24) is 24.4 Å². The lowest BCUT2D eigenvalue weighted by Crippen LogP contribution is -2.38. The summed E-state index contributed by atoms with van der Waals surface area (Å²) in [6.45, 7) is 6.29. The van der Waals surface area contributed by atoms with Gasteiger partial charge in [-0.15, -0.1) is 0 Å². The van der Waals surface area contributed by atoms with E-state index in [0.29, 0.717) is 22.6 Å². The molecule has 1 aliphatic heterocycles. The third kappa shape index (κ3) is 5.20. The van der Waals surface area contributed by atoms with Gasteiger partial charge in [-0.2, -0.15) is 0 Å². The van der Waals surface area contributed by atoms with Crippen molar-refractivity contribution in [3.8, 4) is 11.3 Å². The maximum Gasteiger partial charge on any atom is 0.250 e. The molecule has 1 fully saturated rings. The normalized spacial score (nSPS) is 15.9. The van der Waals surface area contributed by atoms with Gasteiger partial charge in [0.25, 0.3) is 5.92 Å². The molecule has 4 aromatic rings. The Morgan fingerprint density at radius 3 is 2.39 bits per heavy atom. The highest BCUT2D eigenvalue weighted by Gasteiger charge is 2.34. The Labute approximate surface area is 216 Å². The Kier molecular flexibility index (Phi) is 6.81. The zero-order chi connectivity index (χ0) is 27.2. The molecule has 1 aliphatic rings. The van der Waals surface area contributed by atoms with Crippen molar-refractivity contribution >= 4 is 22.7 Å². The Bertz CT molecular complexity index is 1490. The van der Waals surface area contributed by atoms with Crippen LogP contribution in [0.25, 0.3) is 22.3 Å². The number of hydrogen-bond donors (Lipinski definition) is 1. The number of halogens is 5. The number of benzene rings is 2. The molecule has 200 valence electrons. The van der Waals surface area contributed by atoms with Gasteiger partial charge in [0.15, 0.2) is 11.6 Å². The lowest BCUT2D eigenvalue weighted by Gasteiger charge is -2.31. The molecule has 0 aliphatic carbocycles. The van der Waals surface area contributed by atoms with Crippen LogP contribution in [0, 0.1) is 24.4 Å². The van der Waals surface area contributed by atoms with E-state index in [1.54, 1.807) is 30.0 Å². The van der Waals surface area contributed by atoms with E-state index >= 15 is 0 Å². The van der Waals surface area contributed by atoms with Crippen molar-refractivity contribution in [2.24, 2.45) is 0 Å². The summed E-state index contributed by atoms with van der Waals surface area (Å²) in [5, 5.41) is 2.86. The fourth-order valence-corrected chi connectivity index (χ4v) is 4.85. The van der Waals surface area contributed by atoms with E-state index in [2.05, 4.69) is 20.3 Å². The molecule has 0 atom stereocenters. The van der Waals surface area contributed by atoms with Gasteiger partial charge in [0.1, 0.15) is 22.9 Å². The number of fused-ring (bicyclic) bond motifs is 1. The number of hydrogen-bond acceptors (Lipinski definition) is 5. The number of imidazole rings is 1. The quantitative estimate of drug-likeness (QED) is 0.279. The van der Waals surface area contributed by atoms with Gasteiger partial charge in [0, 0.05) is 55.3 Å². The zero-order valence-corrected chi connectivity index (χ0v) is 21.2. The van der Waals surface area contributed by atoms with Crippen molar-refractivity contribution in [2.45, 2.75) is 52.1 Å². The fourth-order valence-electron chi connectivity index (χ4n) is 4.85. The zero-order valence-electron chi connectivity index (χ0n) is 21.2. The van der Waals surface area contributed by atoms with Crippen LogP contribution in [0.2, 0.25) is 0 Å². The number of nitrogens with zero attached hydrogens (tertiary/aromatic N) is 5. The summed E-state index contributed by atoms with van der Waals surface area (Å²) in [5.74, 6) is -3.87. The van der Waals surface area contributed by atoms with Crippen molar-refractivity contribution in [2.75, 3.05) is 18.4 Å². The number of anilines is 2. The Morgan fingerprint density at radius 2 is 1.71 bits per heavy atom. The molecule has 0 saturated carbocycles. The molecular formula is C27H27F5N6. The topological polar surface area (TPSA) is 58.9 Å². The van der Waals surface area contributed by atoms with Crippen LogP contribution in [0.3, 0.4) is 0 Å². The van der Waals surface area contributed by atoms with Crippen LogP contribution in [0.4, 0.5) is 33.6 Å². The molecular weight excluding hydrogens is 503 g/mol. The van der Waals surface area contributed by atoms with Gasteiger partial charge in [-0.05, 0) is 45.0 Å². The molecule has 6 nitrogen and oxygen atoms in total. The Hall–Kier alpha value is -3.60. The average molecular weight is 531 g/mol. The van der Waals surface area contributed by atoms with Crippen LogP contribution in [-0.2, 0) is 6.54 Å². The number of alkyl halides is 2. The number of aromatic nitrogens is 4. The number of likely N-dealkylation sites (tertiary alicyclic amines) is 1.